The average Bonchev–Trinajstić information content (AvgIpc) is 3.05. The fourth-order valence-electron chi connectivity index (χ4n) is 3.10. The summed E-state index contributed by atoms with van der Waals surface area (Å²) in [7, 11) is 0. The van der Waals surface area contributed by atoms with Crippen molar-refractivity contribution in [2.45, 2.75) is 56.0 Å². The molecule has 4 nitrogen and oxygen atoms in total. The molecule has 0 saturated heterocycles. The number of amides is 1. The van der Waals surface area contributed by atoms with Crippen LogP contribution in [-0.2, 0) is 4.79 Å². The van der Waals surface area contributed by atoms with Gasteiger partial charge in [0.05, 0.1) is 0 Å². The second-order valence-corrected chi connectivity index (χ2v) is 7.40. The van der Waals surface area contributed by atoms with Gasteiger partial charge in [0, 0.05) is 17.4 Å². The summed E-state index contributed by atoms with van der Waals surface area (Å²) in [5, 5.41) is 3.54. The van der Waals surface area contributed by atoms with Gasteiger partial charge in [-0.05, 0) is 38.3 Å². The monoisotopic (exact) mass is 341 g/mol. The molecule has 3 rings (SSSR count). The quantitative estimate of drug-likeness (QED) is 0.660. The molecule has 2 aromatic rings. The van der Waals surface area contributed by atoms with E-state index in [1.807, 2.05) is 50.2 Å². The Labute approximate surface area is 147 Å². The van der Waals surface area contributed by atoms with Crippen molar-refractivity contribution in [3.05, 3.63) is 53.3 Å². The molecule has 0 radical (unpaired) electrons. The lowest BCUT2D eigenvalue weighted by molar-refractivity contribution is -0.121. The number of nitrogens with one attached hydrogen (secondary N) is 1. The number of aromatic nitrogens is 2. The van der Waals surface area contributed by atoms with Crippen LogP contribution in [0.2, 0.25) is 0 Å². The van der Waals surface area contributed by atoms with Crippen molar-refractivity contribution in [1.29, 1.82) is 0 Å². The van der Waals surface area contributed by atoms with Gasteiger partial charge in [-0.3, -0.25) is 4.79 Å². The molecule has 1 saturated carbocycles. The molecule has 0 spiro atoms. The van der Waals surface area contributed by atoms with E-state index < -0.39 is 0 Å². The fraction of sp³-hybridized carbons (Fsp3) is 0.421. The third kappa shape index (κ3) is 4.35. The summed E-state index contributed by atoms with van der Waals surface area (Å²) in [6, 6.07) is 12.1. The lowest BCUT2D eigenvalue weighted by Crippen LogP contribution is -2.35. The normalized spacial score (nSPS) is 16.1. The van der Waals surface area contributed by atoms with E-state index in [9.17, 15) is 4.79 Å². The Kier molecular flexibility index (Phi) is 5.51. The standard InChI is InChI=1S/C19H23N3OS/c1-13-12-14(2)21-19(20-13)24-17(15-8-4-3-5-9-15)18(23)22-16-10-6-7-11-16/h3-5,8-9,12,16-17H,6-7,10-11H2,1-2H3,(H,22,23)/t17-/m1/s1. The lowest BCUT2D eigenvalue weighted by Gasteiger charge is -2.19. The van der Waals surface area contributed by atoms with Crippen LogP contribution in [0.1, 0.15) is 47.9 Å². The maximum absolute atomic E-state index is 12.9. The minimum Gasteiger partial charge on any atom is -0.352 e. The molecule has 1 amide bonds. The van der Waals surface area contributed by atoms with E-state index in [2.05, 4.69) is 15.3 Å². The fourth-order valence-corrected chi connectivity index (χ4v) is 4.17. The Bertz CT molecular complexity index is 679. The zero-order valence-electron chi connectivity index (χ0n) is 14.2. The predicted molar refractivity (Wildman–Crippen MR) is 96.9 cm³/mol. The highest BCUT2D eigenvalue weighted by molar-refractivity contribution is 8.00. The summed E-state index contributed by atoms with van der Waals surface area (Å²) >= 11 is 1.43. The van der Waals surface area contributed by atoms with Gasteiger partial charge in [0.15, 0.2) is 5.16 Å². The Morgan fingerprint density at radius 2 is 1.75 bits per heavy atom. The van der Waals surface area contributed by atoms with Crippen molar-refractivity contribution in [3.63, 3.8) is 0 Å². The summed E-state index contributed by atoms with van der Waals surface area (Å²) in [6.07, 6.45) is 4.57. The van der Waals surface area contributed by atoms with Gasteiger partial charge in [-0.25, -0.2) is 9.97 Å². The summed E-state index contributed by atoms with van der Waals surface area (Å²) in [5.41, 5.74) is 2.83. The third-order valence-electron chi connectivity index (χ3n) is 4.23. The number of carbonyl (C=O) groups excluding carboxylic acids is 1. The molecule has 1 atom stereocenters. The van der Waals surface area contributed by atoms with Crippen LogP contribution in [0, 0.1) is 13.8 Å². The molecule has 1 aromatic carbocycles. The number of carbonyl (C=O) groups is 1. The minimum atomic E-state index is -0.326. The molecule has 0 aliphatic heterocycles. The van der Waals surface area contributed by atoms with Gasteiger partial charge in [0.1, 0.15) is 5.25 Å². The lowest BCUT2D eigenvalue weighted by atomic mass is 10.1. The molecule has 126 valence electrons. The minimum absolute atomic E-state index is 0.0564. The van der Waals surface area contributed by atoms with Crippen molar-refractivity contribution in [2.24, 2.45) is 0 Å². The molecule has 1 aliphatic rings. The number of hydrogen-bond acceptors (Lipinski definition) is 4. The van der Waals surface area contributed by atoms with Gasteiger partial charge >= 0.3 is 0 Å². The first-order chi connectivity index (χ1) is 11.6. The van der Waals surface area contributed by atoms with Crippen LogP contribution in [0.5, 0.6) is 0 Å². The van der Waals surface area contributed by atoms with Gasteiger partial charge in [0.2, 0.25) is 5.91 Å². The average molecular weight is 341 g/mol. The third-order valence-corrected chi connectivity index (χ3v) is 5.34. The number of nitrogens with zero attached hydrogens (tertiary/aromatic N) is 2. The SMILES string of the molecule is Cc1cc(C)nc(S[C@@H](C(=O)NC2CCCC2)c2ccccc2)n1. The van der Waals surface area contributed by atoms with E-state index in [1.54, 1.807) is 0 Å². The summed E-state index contributed by atoms with van der Waals surface area (Å²) in [5.74, 6) is 0.0564. The van der Waals surface area contributed by atoms with Gasteiger partial charge in [-0.1, -0.05) is 54.9 Å². The number of rotatable bonds is 5. The van der Waals surface area contributed by atoms with E-state index in [-0.39, 0.29) is 11.2 Å². The van der Waals surface area contributed by atoms with Gasteiger partial charge in [0.25, 0.3) is 0 Å². The maximum Gasteiger partial charge on any atom is 0.238 e. The van der Waals surface area contributed by atoms with E-state index in [0.29, 0.717) is 11.2 Å². The van der Waals surface area contributed by atoms with Crippen molar-refractivity contribution >= 4 is 17.7 Å². The first-order valence-corrected chi connectivity index (χ1v) is 9.34. The zero-order valence-corrected chi connectivity index (χ0v) is 15.0. The van der Waals surface area contributed by atoms with Crippen molar-refractivity contribution in [1.82, 2.24) is 15.3 Å². The highest BCUT2D eigenvalue weighted by atomic mass is 32.2. The second-order valence-electron chi connectivity index (χ2n) is 6.33. The van der Waals surface area contributed by atoms with Crippen molar-refractivity contribution in [2.75, 3.05) is 0 Å². The number of hydrogen-bond donors (Lipinski definition) is 1. The van der Waals surface area contributed by atoms with E-state index in [4.69, 9.17) is 0 Å². The molecule has 24 heavy (non-hydrogen) atoms. The smallest absolute Gasteiger partial charge is 0.238 e. The predicted octanol–water partition coefficient (Wildman–Crippen LogP) is 3.99. The first-order valence-electron chi connectivity index (χ1n) is 8.46. The Balaban J connectivity index is 1.82. The summed E-state index contributed by atoms with van der Waals surface area (Å²) < 4.78 is 0. The molecular weight excluding hydrogens is 318 g/mol. The van der Waals surface area contributed by atoms with Gasteiger partial charge < -0.3 is 5.32 Å². The van der Waals surface area contributed by atoms with E-state index in [1.165, 1.54) is 24.6 Å². The Morgan fingerprint density at radius 3 is 2.38 bits per heavy atom. The molecule has 5 heteroatoms. The van der Waals surface area contributed by atoms with Crippen LogP contribution in [0.15, 0.2) is 41.6 Å². The van der Waals surface area contributed by atoms with Crippen LogP contribution in [0.25, 0.3) is 0 Å². The summed E-state index contributed by atoms with van der Waals surface area (Å²) in [6.45, 7) is 3.91. The number of aryl methyl sites for hydroxylation is 2. The molecule has 1 heterocycles. The molecule has 0 bridgehead atoms. The van der Waals surface area contributed by atoms with E-state index >= 15 is 0 Å². The van der Waals surface area contributed by atoms with Crippen LogP contribution in [0.3, 0.4) is 0 Å². The van der Waals surface area contributed by atoms with Gasteiger partial charge in [-0.2, -0.15) is 0 Å². The molecule has 1 aromatic heterocycles. The first kappa shape index (κ1) is 17.0. The van der Waals surface area contributed by atoms with Crippen LogP contribution in [0.4, 0.5) is 0 Å². The van der Waals surface area contributed by atoms with Crippen LogP contribution in [-0.4, -0.2) is 21.9 Å². The van der Waals surface area contributed by atoms with Crippen LogP contribution < -0.4 is 5.32 Å². The highest BCUT2D eigenvalue weighted by Crippen LogP contribution is 2.34. The molecule has 1 N–H and O–H groups in total. The summed E-state index contributed by atoms with van der Waals surface area (Å²) in [4.78, 5) is 21.9. The molecule has 0 unspecified atom stereocenters. The zero-order chi connectivity index (χ0) is 16.9. The number of thioether (sulfide) groups is 1. The maximum atomic E-state index is 12.9. The molecule has 1 fully saturated rings. The molecular formula is C19H23N3OS. The van der Waals surface area contributed by atoms with Crippen molar-refractivity contribution in [3.8, 4) is 0 Å². The molecule has 1 aliphatic carbocycles. The van der Waals surface area contributed by atoms with Gasteiger partial charge in [-0.15, -0.1) is 0 Å². The topological polar surface area (TPSA) is 54.9 Å². The number of benzene rings is 1. The van der Waals surface area contributed by atoms with Crippen LogP contribution >= 0.6 is 11.8 Å². The second kappa shape index (κ2) is 7.79. The highest BCUT2D eigenvalue weighted by Gasteiger charge is 2.26. The largest absolute Gasteiger partial charge is 0.352 e. The van der Waals surface area contributed by atoms with E-state index in [0.717, 1.165) is 29.8 Å². The Morgan fingerprint density at radius 1 is 1.12 bits per heavy atom. The Hall–Kier alpha value is -1.88. The van der Waals surface area contributed by atoms with Crippen molar-refractivity contribution < 1.29 is 4.79 Å².